The Kier molecular flexibility index (Phi) is 3.80. The Morgan fingerprint density at radius 2 is 2.10 bits per heavy atom. The number of carbonyl (C=O) groups excluding carboxylic acids is 1. The number of carboxylic acids is 1. The molecule has 1 N–H and O–H groups in total. The molecule has 20 heavy (non-hydrogen) atoms. The summed E-state index contributed by atoms with van der Waals surface area (Å²) in [5.41, 5.74) is 1.36. The minimum atomic E-state index is -3.14. The van der Waals surface area contributed by atoms with Gasteiger partial charge >= 0.3 is 5.97 Å². The fourth-order valence-electron chi connectivity index (χ4n) is 2.14. The van der Waals surface area contributed by atoms with Crippen LogP contribution in [0.4, 0.5) is 5.69 Å². The SMILES string of the molecule is CCS(=O)(=O)CCN1C(=O)Cc2cc(C(=O)O)ccc21. The summed E-state index contributed by atoms with van der Waals surface area (Å²) in [6.07, 6.45) is 0.114. The van der Waals surface area contributed by atoms with Gasteiger partial charge < -0.3 is 10.0 Å². The van der Waals surface area contributed by atoms with Crippen LogP contribution in [0, 0.1) is 0 Å². The first-order valence-corrected chi connectivity index (χ1v) is 8.03. The average Bonchev–Trinajstić information content (AvgIpc) is 2.71. The fourth-order valence-corrected chi connectivity index (χ4v) is 2.89. The maximum atomic E-state index is 11.9. The second-order valence-corrected chi connectivity index (χ2v) is 7.08. The smallest absolute Gasteiger partial charge is 0.335 e. The Bertz CT molecular complexity index is 665. The van der Waals surface area contributed by atoms with Gasteiger partial charge in [-0.1, -0.05) is 6.92 Å². The molecule has 1 amide bonds. The largest absolute Gasteiger partial charge is 0.478 e. The standard InChI is InChI=1S/C13H15NO5S/c1-2-20(18,19)6-5-14-11-4-3-9(13(16)17)7-10(11)8-12(14)15/h3-4,7H,2,5-6,8H2,1H3,(H,16,17). The third-order valence-electron chi connectivity index (χ3n) is 3.33. The lowest BCUT2D eigenvalue weighted by molar-refractivity contribution is -0.117. The molecule has 0 atom stereocenters. The van der Waals surface area contributed by atoms with E-state index in [1.807, 2.05) is 0 Å². The molecule has 0 aliphatic carbocycles. The number of rotatable bonds is 5. The van der Waals surface area contributed by atoms with E-state index in [0.29, 0.717) is 11.3 Å². The number of carbonyl (C=O) groups is 2. The molecule has 0 radical (unpaired) electrons. The molecule has 2 rings (SSSR count). The van der Waals surface area contributed by atoms with Gasteiger partial charge in [0.1, 0.15) is 0 Å². The van der Waals surface area contributed by atoms with E-state index in [1.165, 1.54) is 17.0 Å². The van der Waals surface area contributed by atoms with Gasteiger partial charge in [-0.3, -0.25) is 4.79 Å². The number of hydrogen-bond acceptors (Lipinski definition) is 4. The summed E-state index contributed by atoms with van der Waals surface area (Å²) < 4.78 is 23.0. The summed E-state index contributed by atoms with van der Waals surface area (Å²) in [4.78, 5) is 24.2. The number of amides is 1. The molecule has 1 aromatic rings. The van der Waals surface area contributed by atoms with E-state index in [1.54, 1.807) is 13.0 Å². The molecule has 0 aromatic heterocycles. The van der Waals surface area contributed by atoms with Crippen LogP contribution < -0.4 is 4.90 Å². The lowest BCUT2D eigenvalue weighted by Gasteiger charge is -2.17. The second kappa shape index (κ2) is 5.24. The molecule has 0 spiro atoms. The third kappa shape index (κ3) is 2.82. The van der Waals surface area contributed by atoms with Gasteiger partial charge in [-0.15, -0.1) is 0 Å². The van der Waals surface area contributed by atoms with Crippen molar-refractivity contribution in [3.8, 4) is 0 Å². The van der Waals surface area contributed by atoms with Gasteiger partial charge in [-0.25, -0.2) is 13.2 Å². The van der Waals surface area contributed by atoms with E-state index in [9.17, 15) is 18.0 Å². The van der Waals surface area contributed by atoms with E-state index in [0.717, 1.165) is 0 Å². The molecule has 0 saturated heterocycles. The molecule has 0 fully saturated rings. The maximum Gasteiger partial charge on any atom is 0.335 e. The lowest BCUT2D eigenvalue weighted by atomic mass is 10.1. The summed E-state index contributed by atoms with van der Waals surface area (Å²) in [6.45, 7) is 1.67. The van der Waals surface area contributed by atoms with Gasteiger partial charge in [0.25, 0.3) is 0 Å². The summed E-state index contributed by atoms with van der Waals surface area (Å²) in [5, 5.41) is 8.91. The highest BCUT2D eigenvalue weighted by molar-refractivity contribution is 7.91. The highest BCUT2D eigenvalue weighted by atomic mass is 32.2. The highest BCUT2D eigenvalue weighted by Gasteiger charge is 2.28. The normalized spacial score (nSPS) is 14.4. The molecule has 1 aromatic carbocycles. The molecule has 0 unspecified atom stereocenters. The first-order chi connectivity index (χ1) is 9.34. The summed E-state index contributed by atoms with van der Waals surface area (Å²) in [6, 6.07) is 4.44. The van der Waals surface area contributed by atoms with Crippen molar-refractivity contribution in [2.24, 2.45) is 0 Å². The van der Waals surface area contributed by atoms with Crippen LogP contribution in [0.25, 0.3) is 0 Å². The van der Waals surface area contributed by atoms with Crippen LogP contribution in [-0.2, 0) is 21.1 Å². The molecule has 0 saturated carbocycles. The molecule has 1 aliphatic rings. The van der Waals surface area contributed by atoms with Gasteiger partial charge in [-0.2, -0.15) is 0 Å². The van der Waals surface area contributed by atoms with Crippen molar-refractivity contribution in [3.05, 3.63) is 29.3 Å². The minimum Gasteiger partial charge on any atom is -0.478 e. The number of aromatic carboxylic acids is 1. The predicted octanol–water partition coefficient (Wildman–Crippen LogP) is 0.709. The number of hydrogen-bond donors (Lipinski definition) is 1. The zero-order chi connectivity index (χ0) is 14.9. The molecule has 1 heterocycles. The Hall–Kier alpha value is -1.89. The van der Waals surface area contributed by atoms with Crippen LogP contribution in [-0.4, -0.2) is 43.5 Å². The Labute approximate surface area is 116 Å². The van der Waals surface area contributed by atoms with Crippen LogP contribution in [0.15, 0.2) is 18.2 Å². The van der Waals surface area contributed by atoms with Gasteiger partial charge in [0.2, 0.25) is 5.91 Å². The number of nitrogens with zero attached hydrogens (tertiary/aromatic N) is 1. The van der Waals surface area contributed by atoms with Crippen LogP contribution >= 0.6 is 0 Å². The topological polar surface area (TPSA) is 91.8 Å². The van der Waals surface area contributed by atoms with E-state index in [4.69, 9.17) is 5.11 Å². The zero-order valence-electron chi connectivity index (χ0n) is 11.0. The highest BCUT2D eigenvalue weighted by Crippen LogP contribution is 2.29. The van der Waals surface area contributed by atoms with Crippen molar-refractivity contribution >= 4 is 27.4 Å². The maximum absolute atomic E-state index is 11.9. The lowest BCUT2D eigenvalue weighted by Crippen LogP contribution is -2.32. The van der Waals surface area contributed by atoms with Crippen LogP contribution in [0.1, 0.15) is 22.8 Å². The fraction of sp³-hybridized carbons (Fsp3) is 0.385. The van der Waals surface area contributed by atoms with E-state index < -0.39 is 15.8 Å². The van der Waals surface area contributed by atoms with E-state index >= 15 is 0 Å². The monoisotopic (exact) mass is 297 g/mol. The van der Waals surface area contributed by atoms with Crippen LogP contribution in [0.3, 0.4) is 0 Å². The van der Waals surface area contributed by atoms with Crippen molar-refractivity contribution < 1.29 is 23.1 Å². The quantitative estimate of drug-likeness (QED) is 0.864. The minimum absolute atomic E-state index is 0.0415. The van der Waals surface area contributed by atoms with E-state index in [-0.39, 0.29) is 35.9 Å². The van der Waals surface area contributed by atoms with Gasteiger partial charge in [0, 0.05) is 18.0 Å². The number of sulfone groups is 1. The number of fused-ring (bicyclic) bond motifs is 1. The first-order valence-electron chi connectivity index (χ1n) is 6.21. The van der Waals surface area contributed by atoms with Crippen molar-refractivity contribution in [2.75, 3.05) is 23.0 Å². The molecule has 0 bridgehead atoms. The van der Waals surface area contributed by atoms with Crippen molar-refractivity contribution in [1.82, 2.24) is 0 Å². The van der Waals surface area contributed by atoms with Gasteiger partial charge in [0.05, 0.1) is 17.7 Å². The molecule has 1 aliphatic heterocycles. The van der Waals surface area contributed by atoms with Crippen molar-refractivity contribution in [2.45, 2.75) is 13.3 Å². The van der Waals surface area contributed by atoms with Gasteiger partial charge in [-0.05, 0) is 23.8 Å². The summed E-state index contributed by atoms with van der Waals surface area (Å²) in [5.74, 6) is -1.30. The second-order valence-electron chi connectivity index (χ2n) is 4.61. The van der Waals surface area contributed by atoms with Gasteiger partial charge in [0.15, 0.2) is 9.84 Å². The Morgan fingerprint density at radius 1 is 1.40 bits per heavy atom. The summed E-state index contributed by atoms with van der Waals surface area (Å²) >= 11 is 0. The number of benzene rings is 1. The molecular weight excluding hydrogens is 282 g/mol. The number of anilines is 1. The Balaban J connectivity index is 2.23. The first kappa shape index (κ1) is 14.5. The molecule has 7 heteroatoms. The molecule has 108 valence electrons. The molecule has 6 nitrogen and oxygen atoms in total. The van der Waals surface area contributed by atoms with Crippen LogP contribution in [0.2, 0.25) is 0 Å². The zero-order valence-corrected chi connectivity index (χ0v) is 11.8. The third-order valence-corrected chi connectivity index (χ3v) is 5.01. The number of carboxylic acid groups (broad SMARTS) is 1. The predicted molar refractivity (Wildman–Crippen MR) is 73.8 cm³/mol. The molecular formula is C13H15NO5S. The van der Waals surface area contributed by atoms with E-state index in [2.05, 4.69) is 0 Å². The van der Waals surface area contributed by atoms with Crippen molar-refractivity contribution in [3.63, 3.8) is 0 Å². The average molecular weight is 297 g/mol. The Morgan fingerprint density at radius 3 is 2.70 bits per heavy atom. The van der Waals surface area contributed by atoms with Crippen molar-refractivity contribution in [1.29, 1.82) is 0 Å². The summed E-state index contributed by atoms with van der Waals surface area (Å²) in [7, 11) is -3.14. The van der Waals surface area contributed by atoms with Crippen LogP contribution in [0.5, 0.6) is 0 Å².